The van der Waals surface area contributed by atoms with Gasteiger partial charge in [0.15, 0.2) is 13.2 Å². The zero-order chi connectivity index (χ0) is 27.4. The Balaban J connectivity index is 2.51. The molecule has 0 fully saturated rings. The highest BCUT2D eigenvalue weighted by Crippen LogP contribution is 2.38. The van der Waals surface area contributed by atoms with Crippen molar-refractivity contribution in [3.05, 3.63) is 40.1 Å². The molecule has 0 amide bonds. The van der Waals surface area contributed by atoms with E-state index in [4.69, 9.17) is 26.0 Å². The van der Waals surface area contributed by atoms with E-state index in [-0.39, 0.29) is 34.9 Å². The number of aromatic hydroxyl groups is 2. The summed E-state index contributed by atoms with van der Waals surface area (Å²) in [5.74, 6) is -3.09. The highest BCUT2D eigenvalue weighted by atomic mass is 35.5. The predicted molar refractivity (Wildman–Crippen MR) is 131 cm³/mol. The number of halogens is 1. The van der Waals surface area contributed by atoms with Gasteiger partial charge in [0.2, 0.25) is 0 Å². The minimum atomic E-state index is -0.852. The molecule has 0 radical (unpaired) electrons. The first-order valence-electron chi connectivity index (χ1n) is 11.4. The Bertz CT molecular complexity index is 1030. The minimum absolute atomic E-state index is 0.0395. The number of esters is 3. The summed E-state index contributed by atoms with van der Waals surface area (Å²) in [6.45, 7) is 0.911. The van der Waals surface area contributed by atoms with Crippen LogP contribution in [0.5, 0.6) is 11.5 Å². The fourth-order valence-electron chi connectivity index (χ4n) is 3.29. The van der Waals surface area contributed by atoms with Gasteiger partial charge in [0.05, 0.1) is 19.2 Å². The van der Waals surface area contributed by atoms with Crippen LogP contribution in [-0.2, 0) is 33.5 Å². The van der Waals surface area contributed by atoms with Crippen LogP contribution in [0, 0.1) is 0 Å². The molecule has 1 aliphatic heterocycles. The van der Waals surface area contributed by atoms with E-state index in [9.17, 15) is 24.6 Å². The summed E-state index contributed by atoms with van der Waals surface area (Å²) in [4.78, 5) is 46.4. The van der Waals surface area contributed by atoms with Crippen molar-refractivity contribution in [2.24, 2.45) is 0 Å². The van der Waals surface area contributed by atoms with Crippen LogP contribution in [0.25, 0.3) is 6.08 Å². The van der Waals surface area contributed by atoms with E-state index < -0.39 is 48.2 Å². The lowest BCUT2D eigenvalue weighted by Crippen LogP contribution is -2.34. The van der Waals surface area contributed by atoms with Gasteiger partial charge in [-0.2, -0.15) is 5.48 Å². The number of phenolic OH excluding ortho intramolecular Hbond substituents is 2. The molecule has 2 rings (SSSR count). The first-order valence-corrected chi connectivity index (χ1v) is 11.7. The molecule has 1 aliphatic rings. The number of carbonyl (C=O) groups excluding carboxylic acids is 3. The maximum absolute atomic E-state index is 13.0. The molecular formula is C24H31ClN2O10. The normalized spacial score (nSPS) is 20.0. The van der Waals surface area contributed by atoms with Crippen molar-refractivity contribution in [1.82, 2.24) is 11.0 Å². The molecule has 4 N–H and O–H groups in total. The zero-order valence-electron chi connectivity index (χ0n) is 20.7. The van der Waals surface area contributed by atoms with Gasteiger partial charge in [-0.25, -0.2) is 14.4 Å². The van der Waals surface area contributed by atoms with E-state index in [0.29, 0.717) is 19.3 Å². The van der Waals surface area contributed by atoms with E-state index >= 15 is 0 Å². The summed E-state index contributed by atoms with van der Waals surface area (Å²) in [5.41, 5.74) is 5.39. The number of benzene rings is 1. The number of nitrogens with one attached hydrogen (secondary N) is 2. The first-order chi connectivity index (χ1) is 17.7. The molecule has 37 heavy (non-hydrogen) atoms. The van der Waals surface area contributed by atoms with Crippen molar-refractivity contribution in [1.29, 1.82) is 0 Å². The van der Waals surface area contributed by atoms with Gasteiger partial charge < -0.3 is 24.4 Å². The third-order valence-corrected chi connectivity index (χ3v) is 5.56. The van der Waals surface area contributed by atoms with Crippen molar-refractivity contribution in [2.75, 3.05) is 27.4 Å². The van der Waals surface area contributed by atoms with E-state index in [1.165, 1.54) is 20.3 Å². The Morgan fingerprint density at radius 3 is 2.46 bits per heavy atom. The molecule has 2 atom stereocenters. The van der Waals surface area contributed by atoms with E-state index in [2.05, 4.69) is 20.4 Å². The largest absolute Gasteiger partial charge is 0.507 e. The molecule has 0 spiro atoms. The summed E-state index contributed by atoms with van der Waals surface area (Å²) >= 11 is 6.32. The van der Waals surface area contributed by atoms with Gasteiger partial charge in [-0.1, -0.05) is 23.8 Å². The third-order valence-electron chi connectivity index (χ3n) is 5.16. The van der Waals surface area contributed by atoms with Gasteiger partial charge in [-0.3, -0.25) is 15.2 Å². The Morgan fingerprint density at radius 1 is 1.11 bits per heavy atom. The average molecular weight is 543 g/mol. The van der Waals surface area contributed by atoms with Crippen molar-refractivity contribution >= 4 is 35.6 Å². The summed E-state index contributed by atoms with van der Waals surface area (Å²) in [7, 11) is 2.44. The fraction of sp³-hybridized carbons (Fsp3) is 0.458. The molecule has 0 saturated heterocycles. The Kier molecular flexibility index (Phi) is 12.2. The number of hydroxylamine groups is 2. The molecule has 1 heterocycles. The van der Waals surface area contributed by atoms with Gasteiger partial charge in [0.25, 0.3) is 0 Å². The van der Waals surface area contributed by atoms with E-state index in [1.54, 1.807) is 6.92 Å². The lowest BCUT2D eigenvalue weighted by Gasteiger charge is -2.21. The van der Waals surface area contributed by atoms with Crippen molar-refractivity contribution < 1.29 is 48.5 Å². The molecule has 0 aromatic heterocycles. The van der Waals surface area contributed by atoms with Crippen LogP contribution in [0.4, 0.5) is 0 Å². The minimum Gasteiger partial charge on any atom is -0.507 e. The quantitative estimate of drug-likeness (QED) is 0.164. The van der Waals surface area contributed by atoms with Crippen LogP contribution in [0.15, 0.2) is 23.9 Å². The Hall–Kier alpha value is -3.32. The number of cyclic esters (lactones) is 1. The molecule has 204 valence electrons. The lowest BCUT2D eigenvalue weighted by molar-refractivity contribution is -0.149. The van der Waals surface area contributed by atoms with Gasteiger partial charge in [-0.15, -0.1) is 0 Å². The number of rotatable bonds is 8. The summed E-state index contributed by atoms with van der Waals surface area (Å²) in [6, 6.07) is 0.533. The second-order valence-corrected chi connectivity index (χ2v) is 8.42. The highest BCUT2D eigenvalue weighted by Gasteiger charge is 2.25. The number of fused-ring (bicyclic) bond motifs is 1. The molecule has 1 aromatic carbocycles. The molecule has 12 nitrogen and oxygen atoms in total. The molecule has 2 unspecified atom stereocenters. The number of allylic oxidation sites excluding steroid dienone is 1. The van der Waals surface area contributed by atoms with E-state index in [0.717, 1.165) is 6.07 Å². The molecule has 13 heteroatoms. The van der Waals surface area contributed by atoms with E-state index in [1.807, 2.05) is 12.2 Å². The van der Waals surface area contributed by atoms with Gasteiger partial charge >= 0.3 is 17.9 Å². The maximum Gasteiger partial charge on any atom is 0.342 e. The van der Waals surface area contributed by atoms with Crippen LogP contribution in [0.3, 0.4) is 0 Å². The number of phenols is 2. The van der Waals surface area contributed by atoms with Crippen molar-refractivity contribution in [3.63, 3.8) is 0 Å². The third kappa shape index (κ3) is 9.57. The maximum atomic E-state index is 13.0. The lowest BCUT2D eigenvalue weighted by atomic mass is 10.0. The Morgan fingerprint density at radius 2 is 1.78 bits per heavy atom. The van der Waals surface area contributed by atoms with Crippen LogP contribution in [-0.4, -0.2) is 67.7 Å². The molecular weight excluding hydrogens is 512 g/mol. The van der Waals surface area contributed by atoms with Crippen molar-refractivity contribution in [2.45, 2.75) is 44.8 Å². The van der Waals surface area contributed by atoms with Crippen LogP contribution >= 0.6 is 11.6 Å². The first kappa shape index (κ1) is 29.9. The topological polar surface area (TPSA) is 162 Å². The summed E-state index contributed by atoms with van der Waals surface area (Å²) in [6.07, 6.45) is 6.33. The highest BCUT2D eigenvalue weighted by molar-refractivity contribution is 6.34. The second-order valence-electron chi connectivity index (χ2n) is 8.04. The molecule has 1 aromatic rings. The van der Waals surface area contributed by atoms with Crippen LogP contribution in [0.1, 0.15) is 48.5 Å². The van der Waals surface area contributed by atoms with Crippen LogP contribution in [0.2, 0.25) is 5.02 Å². The Labute approximate surface area is 219 Å². The monoisotopic (exact) mass is 542 g/mol. The molecule has 0 aliphatic carbocycles. The van der Waals surface area contributed by atoms with Crippen molar-refractivity contribution in [3.8, 4) is 11.5 Å². The van der Waals surface area contributed by atoms with Crippen LogP contribution < -0.4 is 11.0 Å². The smallest absolute Gasteiger partial charge is 0.342 e. The fourth-order valence-corrected chi connectivity index (χ4v) is 3.49. The zero-order valence-corrected chi connectivity index (χ0v) is 21.5. The van der Waals surface area contributed by atoms with Gasteiger partial charge in [0, 0.05) is 36.2 Å². The predicted octanol–water partition coefficient (Wildman–Crippen LogP) is 2.52. The summed E-state index contributed by atoms with van der Waals surface area (Å²) < 4.78 is 14.6. The SMILES string of the molecule is COC(=O)CON/C1=C\c2c(Cl)c(O)cc(O)c2C(=O)OC(C)CC=CCCC(NOCC(=O)OC)C1. The number of methoxy groups -OCH3 is 2. The van der Waals surface area contributed by atoms with Gasteiger partial charge in [-0.05, 0) is 25.8 Å². The second kappa shape index (κ2) is 15.1. The number of hydrogen-bond acceptors (Lipinski definition) is 12. The summed E-state index contributed by atoms with van der Waals surface area (Å²) in [5, 5.41) is 20.5. The number of hydrogen-bond donors (Lipinski definition) is 4. The standard InChI is InChI=1S/C24H31ClN2O10/c1-14-7-5-4-6-8-15(26-35-12-20(30)33-2)9-16(27-36-13-21(31)34-3)10-17-22(24(32)37-14)18(28)11-19(29)23(17)25/h4-5,10-11,14-15,26-29H,6-9,12-13H2,1-3H3/b5-4?,16-10-. The number of carbonyl (C=O) groups is 3. The average Bonchev–Trinajstić information content (AvgIpc) is 2.85. The molecule has 0 bridgehead atoms. The molecule has 0 saturated carbocycles. The number of ether oxygens (including phenoxy) is 3. The van der Waals surface area contributed by atoms with Gasteiger partial charge in [0.1, 0.15) is 23.2 Å².